The number of rotatable bonds is 8. The van der Waals surface area contributed by atoms with Gasteiger partial charge in [-0.25, -0.2) is 4.79 Å². The first kappa shape index (κ1) is 22.8. The maximum atomic E-state index is 13.0. The lowest BCUT2D eigenvalue weighted by molar-refractivity contribution is 0.174. The summed E-state index contributed by atoms with van der Waals surface area (Å²) in [4.78, 5) is 19.3. The smallest absolute Gasteiger partial charge is 0.322 e. The van der Waals surface area contributed by atoms with E-state index in [9.17, 15) is 4.79 Å². The van der Waals surface area contributed by atoms with Gasteiger partial charge in [-0.15, -0.1) is 0 Å². The third-order valence-electron chi connectivity index (χ3n) is 5.51. The average Bonchev–Trinajstić information content (AvgIpc) is 3.30. The number of carbonyl (C=O) groups is 1. The lowest BCUT2D eigenvalue weighted by Gasteiger charge is -2.35. The zero-order chi connectivity index (χ0) is 23.4. The number of urea groups is 1. The van der Waals surface area contributed by atoms with Gasteiger partial charge in [0.1, 0.15) is 5.75 Å². The Labute approximate surface area is 197 Å². The fraction of sp³-hybridized carbons (Fsp3) is 0.292. The van der Waals surface area contributed by atoms with E-state index in [-0.39, 0.29) is 6.03 Å². The Kier molecular flexibility index (Phi) is 6.96. The third-order valence-corrected chi connectivity index (χ3v) is 5.75. The van der Waals surface area contributed by atoms with Crippen LogP contribution in [0.5, 0.6) is 5.75 Å². The van der Waals surface area contributed by atoms with E-state index in [0.717, 1.165) is 28.1 Å². The molecular formula is C24H25ClN4O4. The minimum Gasteiger partial charge on any atom is -0.497 e. The molecule has 2 heterocycles. The maximum Gasteiger partial charge on any atom is 0.322 e. The molecule has 2 amide bonds. The summed E-state index contributed by atoms with van der Waals surface area (Å²) in [5.74, 6) is 1.52. The van der Waals surface area contributed by atoms with Gasteiger partial charge in [0.05, 0.1) is 18.7 Å². The Bertz CT molecular complexity index is 1160. The number of nitrogens with zero attached hydrogens (tertiary/aromatic N) is 3. The topological polar surface area (TPSA) is 89.7 Å². The van der Waals surface area contributed by atoms with Crippen LogP contribution in [0.2, 0.25) is 5.02 Å². The predicted octanol–water partition coefficient (Wildman–Crippen LogP) is 4.93. The molecule has 0 saturated carbocycles. The molecule has 9 heteroatoms. The van der Waals surface area contributed by atoms with Crippen LogP contribution in [0, 0.1) is 0 Å². The standard InChI is InChI=1S/C24H25ClN4O4/c1-15-20(23-27-22(28-33-23)16-8-10-19(32-3)11-9-16)21(17-6-4-7-18(25)14-17)26-24(30)29(15)12-5-13-31-2/h4,6-11,14,21H,5,12-13H2,1-3H3,(H,26,30). The van der Waals surface area contributed by atoms with E-state index in [1.54, 1.807) is 25.2 Å². The van der Waals surface area contributed by atoms with Crippen LogP contribution in [-0.4, -0.2) is 48.4 Å². The summed E-state index contributed by atoms with van der Waals surface area (Å²) in [7, 11) is 3.25. The van der Waals surface area contributed by atoms with Crippen LogP contribution in [0.25, 0.3) is 17.0 Å². The van der Waals surface area contributed by atoms with Crippen molar-refractivity contribution in [2.75, 3.05) is 27.4 Å². The van der Waals surface area contributed by atoms with Gasteiger partial charge in [-0.2, -0.15) is 4.98 Å². The van der Waals surface area contributed by atoms with E-state index in [0.29, 0.717) is 36.3 Å². The molecule has 1 aliphatic rings. The van der Waals surface area contributed by atoms with Crippen LogP contribution in [0.15, 0.2) is 58.8 Å². The molecule has 8 nitrogen and oxygen atoms in total. The molecule has 4 rings (SSSR count). The minimum absolute atomic E-state index is 0.202. The number of nitrogens with one attached hydrogen (secondary N) is 1. The Balaban J connectivity index is 1.75. The van der Waals surface area contributed by atoms with Gasteiger partial charge in [0.2, 0.25) is 5.82 Å². The summed E-state index contributed by atoms with van der Waals surface area (Å²) in [6.45, 7) is 2.93. The van der Waals surface area contributed by atoms with Gasteiger partial charge in [0.25, 0.3) is 5.89 Å². The number of allylic oxidation sites excluding steroid dienone is 1. The molecule has 2 aromatic carbocycles. The van der Waals surface area contributed by atoms with Crippen molar-refractivity contribution in [2.45, 2.75) is 19.4 Å². The van der Waals surface area contributed by atoms with Crippen LogP contribution in [0.1, 0.15) is 30.8 Å². The lowest BCUT2D eigenvalue weighted by Crippen LogP contribution is -2.46. The molecule has 1 unspecified atom stereocenters. The quantitative estimate of drug-likeness (QED) is 0.471. The summed E-state index contributed by atoms with van der Waals surface area (Å²) in [6, 6.07) is 14.1. The van der Waals surface area contributed by atoms with E-state index in [1.165, 1.54) is 0 Å². The molecule has 172 valence electrons. The number of halogens is 1. The maximum absolute atomic E-state index is 13.0. The number of amides is 2. The highest BCUT2D eigenvalue weighted by molar-refractivity contribution is 6.30. The summed E-state index contributed by atoms with van der Waals surface area (Å²) < 4.78 is 16.1. The molecule has 0 saturated heterocycles. The number of hydrogen-bond acceptors (Lipinski definition) is 6. The van der Waals surface area contributed by atoms with Crippen molar-refractivity contribution in [1.82, 2.24) is 20.4 Å². The molecule has 0 radical (unpaired) electrons. The van der Waals surface area contributed by atoms with Crippen molar-refractivity contribution in [3.8, 4) is 17.1 Å². The fourth-order valence-corrected chi connectivity index (χ4v) is 4.02. The van der Waals surface area contributed by atoms with Crippen LogP contribution < -0.4 is 10.1 Å². The Morgan fingerprint density at radius 1 is 1.18 bits per heavy atom. The summed E-state index contributed by atoms with van der Waals surface area (Å²) in [5, 5.41) is 7.82. The number of methoxy groups -OCH3 is 2. The molecule has 3 aromatic rings. The lowest BCUT2D eigenvalue weighted by atomic mass is 9.94. The van der Waals surface area contributed by atoms with Crippen molar-refractivity contribution < 1.29 is 18.8 Å². The van der Waals surface area contributed by atoms with Crippen LogP contribution in [-0.2, 0) is 4.74 Å². The van der Waals surface area contributed by atoms with Gasteiger partial charge in [-0.05, 0) is 55.3 Å². The van der Waals surface area contributed by atoms with Crippen molar-refractivity contribution in [3.63, 3.8) is 0 Å². The zero-order valence-corrected chi connectivity index (χ0v) is 19.4. The largest absolute Gasteiger partial charge is 0.497 e. The molecule has 0 aliphatic carbocycles. The summed E-state index contributed by atoms with van der Waals surface area (Å²) >= 11 is 6.24. The highest BCUT2D eigenvalue weighted by Gasteiger charge is 2.35. The summed E-state index contributed by atoms with van der Waals surface area (Å²) in [6.07, 6.45) is 0.692. The molecule has 1 N–H and O–H groups in total. The number of hydrogen-bond donors (Lipinski definition) is 1. The van der Waals surface area contributed by atoms with Crippen LogP contribution >= 0.6 is 11.6 Å². The van der Waals surface area contributed by atoms with Crippen molar-refractivity contribution in [3.05, 3.63) is 70.7 Å². The van der Waals surface area contributed by atoms with Gasteiger partial charge >= 0.3 is 6.03 Å². The molecule has 0 bridgehead atoms. The monoisotopic (exact) mass is 468 g/mol. The van der Waals surface area contributed by atoms with E-state index < -0.39 is 6.04 Å². The van der Waals surface area contributed by atoms with E-state index in [1.807, 2.05) is 49.4 Å². The Morgan fingerprint density at radius 3 is 2.67 bits per heavy atom. The third kappa shape index (κ3) is 4.86. The molecule has 1 aliphatic heterocycles. The van der Waals surface area contributed by atoms with E-state index >= 15 is 0 Å². The molecule has 0 spiro atoms. The van der Waals surface area contributed by atoms with Gasteiger partial charge in [-0.1, -0.05) is 28.9 Å². The number of ether oxygens (including phenoxy) is 2. The first-order chi connectivity index (χ1) is 16.0. The molecular weight excluding hydrogens is 444 g/mol. The fourth-order valence-electron chi connectivity index (χ4n) is 3.82. The Morgan fingerprint density at radius 2 is 1.97 bits per heavy atom. The number of aromatic nitrogens is 2. The van der Waals surface area contributed by atoms with Gasteiger partial charge in [0.15, 0.2) is 0 Å². The van der Waals surface area contributed by atoms with E-state index in [2.05, 4.69) is 15.5 Å². The highest BCUT2D eigenvalue weighted by Crippen LogP contribution is 2.38. The van der Waals surface area contributed by atoms with Crippen molar-refractivity contribution in [1.29, 1.82) is 0 Å². The van der Waals surface area contributed by atoms with Crippen molar-refractivity contribution in [2.24, 2.45) is 0 Å². The molecule has 33 heavy (non-hydrogen) atoms. The zero-order valence-electron chi connectivity index (χ0n) is 18.7. The first-order valence-corrected chi connectivity index (χ1v) is 10.9. The van der Waals surface area contributed by atoms with Crippen molar-refractivity contribution >= 4 is 23.2 Å². The minimum atomic E-state index is -0.487. The molecule has 1 aromatic heterocycles. The van der Waals surface area contributed by atoms with Gasteiger partial charge in [0, 0.05) is 36.5 Å². The van der Waals surface area contributed by atoms with E-state index in [4.69, 9.17) is 25.6 Å². The molecule has 1 atom stereocenters. The predicted molar refractivity (Wildman–Crippen MR) is 125 cm³/mol. The first-order valence-electron chi connectivity index (χ1n) is 10.5. The number of carbonyl (C=O) groups excluding carboxylic acids is 1. The second-order valence-corrected chi connectivity index (χ2v) is 8.02. The normalized spacial score (nSPS) is 16.2. The average molecular weight is 469 g/mol. The van der Waals surface area contributed by atoms with Crippen LogP contribution in [0.4, 0.5) is 4.79 Å². The highest BCUT2D eigenvalue weighted by atomic mass is 35.5. The molecule has 0 fully saturated rings. The number of benzene rings is 2. The van der Waals surface area contributed by atoms with Crippen LogP contribution in [0.3, 0.4) is 0 Å². The SMILES string of the molecule is COCCCN1C(=O)NC(c2cccc(Cl)c2)C(c2nc(-c3ccc(OC)cc3)no2)=C1C. The van der Waals surface area contributed by atoms with Gasteiger partial charge < -0.3 is 19.3 Å². The van der Waals surface area contributed by atoms with Gasteiger partial charge in [-0.3, -0.25) is 4.90 Å². The summed E-state index contributed by atoms with van der Waals surface area (Å²) in [5.41, 5.74) is 3.08. The second kappa shape index (κ2) is 10.1. The second-order valence-electron chi connectivity index (χ2n) is 7.59. The Hall–Kier alpha value is -3.36.